The minimum absolute atomic E-state index is 0.0198. The van der Waals surface area contributed by atoms with Crippen LogP contribution in [0.5, 0.6) is 0 Å². The number of likely N-dealkylation sites (N-methyl/N-ethyl adjacent to an activating group) is 1. The van der Waals surface area contributed by atoms with Gasteiger partial charge in [-0.05, 0) is 50.1 Å². The molecule has 3 heterocycles. The summed E-state index contributed by atoms with van der Waals surface area (Å²) >= 11 is 0. The van der Waals surface area contributed by atoms with Crippen molar-refractivity contribution < 1.29 is 14.3 Å². The minimum atomic E-state index is -0.636. The molecule has 0 radical (unpaired) electrons. The van der Waals surface area contributed by atoms with Gasteiger partial charge in [-0.2, -0.15) is 5.10 Å². The summed E-state index contributed by atoms with van der Waals surface area (Å²) in [5.41, 5.74) is 4.20. The average molecular weight is 447 g/mol. The number of ketones is 1. The van der Waals surface area contributed by atoms with Gasteiger partial charge >= 0.3 is 5.97 Å². The number of ether oxygens (including phenoxy) is 1. The lowest BCUT2D eigenvalue weighted by Gasteiger charge is -2.32. The smallest absolute Gasteiger partial charge is 0.342 e. The van der Waals surface area contributed by atoms with Crippen LogP contribution in [0.25, 0.3) is 0 Å². The van der Waals surface area contributed by atoms with E-state index in [1.165, 1.54) is 41.0 Å². The van der Waals surface area contributed by atoms with Crippen molar-refractivity contribution in [2.45, 2.75) is 31.7 Å². The minimum Gasteiger partial charge on any atom is -0.462 e. The predicted molar refractivity (Wildman–Crippen MR) is 122 cm³/mol. The summed E-state index contributed by atoms with van der Waals surface area (Å²) in [7, 11) is 3.87. The molecule has 0 amide bonds. The molecule has 1 N–H and O–H groups in total. The number of nitrogens with one attached hydrogen (secondary N) is 1. The van der Waals surface area contributed by atoms with E-state index in [0.717, 1.165) is 18.8 Å². The number of carbonyl (C=O) groups is 2. The molecule has 0 saturated heterocycles. The lowest BCUT2D eigenvalue weighted by Crippen LogP contribution is -2.35. The fourth-order valence-electron chi connectivity index (χ4n) is 4.62. The molecule has 1 fully saturated rings. The Kier molecular flexibility index (Phi) is 5.20. The number of carbonyl (C=O) groups excluding carboxylic acids is 2. The SMILES string of the molecule is CCOC(=O)c1cnc(Nc2ccc3c(c2)CN(C)CC32CC2)nc1C(=O)c1cnn(C)c1. The molecule has 1 aliphatic carbocycles. The maximum Gasteiger partial charge on any atom is 0.342 e. The molecule has 33 heavy (non-hydrogen) atoms. The van der Waals surface area contributed by atoms with E-state index in [0.29, 0.717) is 11.0 Å². The second-order valence-corrected chi connectivity index (χ2v) is 8.86. The number of benzene rings is 1. The van der Waals surface area contributed by atoms with E-state index in [4.69, 9.17) is 4.74 Å². The van der Waals surface area contributed by atoms with Gasteiger partial charge in [0.25, 0.3) is 0 Å². The fourth-order valence-corrected chi connectivity index (χ4v) is 4.62. The van der Waals surface area contributed by atoms with Crippen molar-refractivity contribution in [3.63, 3.8) is 0 Å². The standard InChI is InChI=1S/C24H26N6O3/c1-4-33-22(32)18-11-25-23(28-20(18)21(31)16-10-26-30(3)13-16)27-17-5-6-19-15(9-17)12-29(2)14-24(19)7-8-24/h5-6,9-11,13H,4,7-8,12,14H2,1-3H3,(H,25,27,28). The van der Waals surface area contributed by atoms with Gasteiger partial charge in [-0.3, -0.25) is 9.48 Å². The quantitative estimate of drug-likeness (QED) is 0.456. The summed E-state index contributed by atoms with van der Waals surface area (Å²) in [5.74, 6) is -0.817. The topological polar surface area (TPSA) is 102 Å². The first-order chi connectivity index (χ1) is 15.9. The van der Waals surface area contributed by atoms with Crippen LogP contribution in [0.1, 0.15) is 57.3 Å². The maximum atomic E-state index is 13.1. The highest BCUT2D eigenvalue weighted by Crippen LogP contribution is 2.52. The molecule has 5 rings (SSSR count). The Morgan fingerprint density at radius 2 is 2.03 bits per heavy atom. The van der Waals surface area contributed by atoms with Gasteiger partial charge in [-0.1, -0.05) is 6.07 Å². The van der Waals surface area contributed by atoms with Crippen molar-refractivity contribution >= 4 is 23.4 Å². The molecule has 9 nitrogen and oxygen atoms in total. The molecular weight excluding hydrogens is 420 g/mol. The molecule has 170 valence electrons. The van der Waals surface area contributed by atoms with Crippen molar-refractivity contribution in [1.29, 1.82) is 0 Å². The van der Waals surface area contributed by atoms with E-state index < -0.39 is 11.8 Å². The van der Waals surface area contributed by atoms with Crippen LogP contribution >= 0.6 is 0 Å². The molecule has 1 saturated carbocycles. The number of fused-ring (bicyclic) bond motifs is 2. The van der Waals surface area contributed by atoms with Crippen molar-refractivity contribution in [2.24, 2.45) is 7.05 Å². The number of nitrogens with zero attached hydrogens (tertiary/aromatic N) is 5. The molecular formula is C24H26N6O3. The molecule has 2 aromatic heterocycles. The van der Waals surface area contributed by atoms with Crippen molar-refractivity contribution in [2.75, 3.05) is 25.5 Å². The molecule has 0 atom stereocenters. The summed E-state index contributed by atoms with van der Waals surface area (Å²) in [5, 5.41) is 7.25. The van der Waals surface area contributed by atoms with E-state index in [9.17, 15) is 9.59 Å². The zero-order valence-corrected chi connectivity index (χ0v) is 19.0. The lowest BCUT2D eigenvalue weighted by atomic mass is 9.87. The monoisotopic (exact) mass is 446 g/mol. The molecule has 3 aromatic rings. The van der Waals surface area contributed by atoms with E-state index in [-0.39, 0.29) is 23.8 Å². The number of aryl methyl sites for hydroxylation is 1. The van der Waals surface area contributed by atoms with Crippen LogP contribution in [0, 0.1) is 0 Å². The summed E-state index contributed by atoms with van der Waals surface area (Å²) in [6, 6.07) is 6.33. The average Bonchev–Trinajstić information content (AvgIpc) is 3.40. The lowest BCUT2D eigenvalue weighted by molar-refractivity contribution is 0.0522. The second kappa shape index (κ2) is 8.08. The fraction of sp³-hybridized carbons (Fsp3) is 0.375. The first-order valence-electron chi connectivity index (χ1n) is 11.0. The summed E-state index contributed by atoms with van der Waals surface area (Å²) in [6.07, 6.45) is 6.83. The Morgan fingerprint density at radius 1 is 1.21 bits per heavy atom. The van der Waals surface area contributed by atoms with Crippen LogP contribution < -0.4 is 5.32 Å². The first kappa shape index (κ1) is 21.3. The molecule has 1 aliphatic heterocycles. The third-order valence-corrected chi connectivity index (χ3v) is 6.27. The van der Waals surface area contributed by atoms with Gasteiger partial charge in [0.2, 0.25) is 11.7 Å². The Bertz CT molecular complexity index is 1250. The van der Waals surface area contributed by atoms with Crippen molar-refractivity contribution in [3.05, 3.63) is 64.7 Å². The van der Waals surface area contributed by atoms with Crippen LogP contribution in [0.3, 0.4) is 0 Å². The molecule has 0 bridgehead atoms. The third kappa shape index (κ3) is 4.00. The number of rotatable bonds is 6. The highest BCUT2D eigenvalue weighted by Gasteiger charge is 2.48. The van der Waals surface area contributed by atoms with Crippen LogP contribution in [-0.4, -0.2) is 56.6 Å². The number of esters is 1. The maximum absolute atomic E-state index is 13.1. The highest BCUT2D eigenvalue weighted by atomic mass is 16.5. The van der Waals surface area contributed by atoms with Gasteiger partial charge < -0.3 is 15.0 Å². The molecule has 1 aromatic carbocycles. The highest BCUT2D eigenvalue weighted by molar-refractivity contribution is 6.13. The summed E-state index contributed by atoms with van der Waals surface area (Å²) < 4.78 is 6.62. The van der Waals surface area contributed by atoms with Crippen LogP contribution in [-0.2, 0) is 23.7 Å². The number of hydrogen-bond acceptors (Lipinski definition) is 8. The van der Waals surface area contributed by atoms with Crippen LogP contribution in [0.2, 0.25) is 0 Å². The number of aromatic nitrogens is 4. The summed E-state index contributed by atoms with van der Waals surface area (Å²) in [6.45, 7) is 3.88. The van der Waals surface area contributed by atoms with Crippen molar-refractivity contribution in [1.82, 2.24) is 24.6 Å². The third-order valence-electron chi connectivity index (χ3n) is 6.27. The van der Waals surface area contributed by atoms with Crippen molar-refractivity contribution in [3.8, 4) is 0 Å². The van der Waals surface area contributed by atoms with Gasteiger partial charge in [-0.25, -0.2) is 14.8 Å². The predicted octanol–water partition coefficient (Wildman–Crippen LogP) is 2.84. The Labute approximate surface area is 191 Å². The van der Waals surface area contributed by atoms with E-state index in [2.05, 4.69) is 44.5 Å². The Balaban J connectivity index is 1.47. The Hall–Kier alpha value is -3.59. The van der Waals surface area contributed by atoms with Gasteiger partial charge in [0.1, 0.15) is 11.3 Å². The summed E-state index contributed by atoms with van der Waals surface area (Å²) in [4.78, 5) is 36.6. The number of anilines is 2. The zero-order valence-electron chi connectivity index (χ0n) is 19.0. The largest absolute Gasteiger partial charge is 0.462 e. The molecule has 9 heteroatoms. The Morgan fingerprint density at radius 3 is 2.73 bits per heavy atom. The molecule has 1 spiro atoms. The number of hydrogen-bond donors (Lipinski definition) is 1. The second-order valence-electron chi connectivity index (χ2n) is 8.86. The van der Waals surface area contributed by atoms with E-state index in [1.54, 1.807) is 20.2 Å². The van der Waals surface area contributed by atoms with Gasteiger partial charge in [0.15, 0.2) is 0 Å². The van der Waals surface area contributed by atoms with Crippen LogP contribution in [0.15, 0.2) is 36.8 Å². The molecule has 2 aliphatic rings. The zero-order chi connectivity index (χ0) is 23.2. The van der Waals surface area contributed by atoms with Gasteiger partial charge in [-0.15, -0.1) is 0 Å². The molecule has 0 unspecified atom stereocenters. The first-order valence-corrected chi connectivity index (χ1v) is 11.0. The van der Waals surface area contributed by atoms with Crippen LogP contribution in [0.4, 0.5) is 11.6 Å². The van der Waals surface area contributed by atoms with Gasteiger partial charge in [0, 0.05) is 43.6 Å². The van der Waals surface area contributed by atoms with E-state index in [1.807, 2.05) is 6.07 Å². The normalized spacial score (nSPS) is 16.3. The van der Waals surface area contributed by atoms with E-state index >= 15 is 0 Å². The van der Waals surface area contributed by atoms with Gasteiger partial charge in [0.05, 0.1) is 18.4 Å².